The molecule has 3 rings (SSSR count). The Balaban J connectivity index is 1.81. The highest BCUT2D eigenvalue weighted by Gasteiger charge is 2.30. The van der Waals surface area contributed by atoms with Gasteiger partial charge in [-0.2, -0.15) is 4.98 Å². The van der Waals surface area contributed by atoms with Crippen molar-refractivity contribution in [3.8, 4) is 5.75 Å². The van der Waals surface area contributed by atoms with Gasteiger partial charge in [-0.25, -0.2) is 0 Å². The van der Waals surface area contributed by atoms with E-state index < -0.39 is 0 Å². The predicted octanol–water partition coefficient (Wildman–Crippen LogP) is 3.20. The van der Waals surface area contributed by atoms with Crippen molar-refractivity contribution in [2.24, 2.45) is 5.92 Å². The van der Waals surface area contributed by atoms with Crippen molar-refractivity contribution in [1.82, 2.24) is 15.0 Å². The van der Waals surface area contributed by atoms with Crippen LogP contribution in [0, 0.1) is 5.92 Å². The molecule has 0 spiro atoms. The zero-order valence-corrected chi connectivity index (χ0v) is 14.6. The molecule has 2 atom stereocenters. The second-order valence-corrected chi connectivity index (χ2v) is 6.41. The Morgan fingerprint density at radius 1 is 1.25 bits per heavy atom. The van der Waals surface area contributed by atoms with Crippen LogP contribution in [0.15, 0.2) is 28.8 Å². The minimum absolute atomic E-state index is 0.301. The number of rotatable bonds is 6. The van der Waals surface area contributed by atoms with Crippen molar-refractivity contribution in [3.05, 3.63) is 41.5 Å². The van der Waals surface area contributed by atoms with Crippen LogP contribution in [0.3, 0.4) is 0 Å². The van der Waals surface area contributed by atoms with Crippen molar-refractivity contribution in [2.75, 3.05) is 20.8 Å². The molecule has 130 valence electrons. The third-order valence-electron chi connectivity index (χ3n) is 4.54. The average Bonchev–Trinajstić information content (AvgIpc) is 3.02. The first-order chi connectivity index (χ1) is 11.7. The monoisotopic (exact) mass is 331 g/mol. The van der Waals surface area contributed by atoms with Crippen LogP contribution < -0.4 is 4.74 Å². The van der Waals surface area contributed by atoms with Crippen LogP contribution in [-0.4, -0.2) is 35.8 Å². The van der Waals surface area contributed by atoms with E-state index in [-0.39, 0.29) is 0 Å². The van der Waals surface area contributed by atoms with Gasteiger partial charge in [0, 0.05) is 25.3 Å². The first kappa shape index (κ1) is 16.9. The molecule has 1 aliphatic heterocycles. The molecule has 1 fully saturated rings. The van der Waals surface area contributed by atoms with E-state index in [1.54, 1.807) is 14.2 Å². The van der Waals surface area contributed by atoms with E-state index >= 15 is 0 Å². The third kappa shape index (κ3) is 3.76. The molecule has 2 heterocycles. The molecule has 0 N–H and O–H groups in total. The summed E-state index contributed by atoms with van der Waals surface area (Å²) in [7, 11) is 3.35. The molecule has 0 amide bonds. The van der Waals surface area contributed by atoms with Gasteiger partial charge in [-0.15, -0.1) is 0 Å². The molecule has 0 radical (unpaired) electrons. The molecule has 6 nitrogen and oxygen atoms in total. The number of nitrogens with zero attached hydrogens (tertiary/aromatic N) is 3. The van der Waals surface area contributed by atoms with Gasteiger partial charge < -0.3 is 14.0 Å². The molecule has 1 aliphatic rings. The predicted molar refractivity (Wildman–Crippen MR) is 89.6 cm³/mol. The summed E-state index contributed by atoms with van der Waals surface area (Å²) in [4.78, 5) is 6.83. The Morgan fingerprint density at radius 2 is 2.08 bits per heavy atom. The molecule has 1 aromatic heterocycles. The van der Waals surface area contributed by atoms with Crippen molar-refractivity contribution >= 4 is 0 Å². The van der Waals surface area contributed by atoms with Gasteiger partial charge in [0.15, 0.2) is 5.82 Å². The average molecular weight is 331 g/mol. The van der Waals surface area contributed by atoms with E-state index in [2.05, 4.69) is 34.1 Å². The number of piperidine rings is 1. The van der Waals surface area contributed by atoms with Crippen LogP contribution in [-0.2, 0) is 17.9 Å². The Hall–Kier alpha value is -1.92. The summed E-state index contributed by atoms with van der Waals surface area (Å²) in [5.74, 6) is 2.81. The normalized spacial score (nSPS) is 21.8. The molecule has 0 bridgehead atoms. The van der Waals surface area contributed by atoms with Crippen LogP contribution in [0.5, 0.6) is 5.75 Å². The van der Waals surface area contributed by atoms with Crippen molar-refractivity contribution in [3.63, 3.8) is 0 Å². The summed E-state index contributed by atoms with van der Waals surface area (Å²) in [5.41, 5.74) is 1.23. The van der Waals surface area contributed by atoms with Gasteiger partial charge >= 0.3 is 0 Å². The number of benzene rings is 1. The first-order valence-electron chi connectivity index (χ1n) is 8.38. The second kappa shape index (κ2) is 7.77. The number of aromatic nitrogens is 2. The molecule has 1 aromatic carbocycles. The number of hydrogen-bond donors (Lipinski definition) is 0. The summed E-state index contributed by atoms with van der Waals surface area (Å²) in [6, 6.07) is 8.55. The summed E-state index contributed by atoms with van der Waals surface area (Å²) >= 11 is 0. The maximum atomic E-state index is 5.57. The summed E-state index contributed by atoms with van der Waals surface area (Å²) < 4.78 is 16.0. The minimum atomic E-state index is 0.301. The fourth-order valence-corrected chi connectivity index (χ4v) is 3.43. The van der Waals surface area contributed by atoms with E-state index in [1.165, 1.54) is 12.0 Å². The van der Waals surface area contributed by atoms with Crippen LogP contribution in [0.25, 0.3) is 0 Å². The lowest BCUT2D eigenvalue weighted by molar-refractivity contribution is 0.0916. The van der Waals surface area contributed by atoms with Crippen molar-refractivity contribution < 1.29 is 14.0 Å². The summed E-state index contributed by atoms with van der Waals surface area (Å²) in [5, 5.41) is 3.96. The maximum absolute atomic E-state index is 5.57. The van der Waals surface area contributed by atoms with Gasteiger partial charge in [0.1, 0.15) is 12.4 Å². The van der Waals surface area contributed by atoms with Gasteiger partial charge in [0.2, 0.25) is 5.89 Å². The van der Waals surface area contributed by atoms with Gasteiger partial charge in [0.25, 0.3) is 0 Å². The highest BCUT2D eigenvalue weighted by atomic mass is 16.5. The second-order valence-electron chi connectivity index (χ2n) is 6.41. The van der Waals surface area contributed by atoms with Crippen LogP contribution in [0.4, 0.5) is 0 Å². The zero-order chi connectivity index (χ0) is 16.9. The number of likely N-dealkylation sites (tertiary alicyclic amines) is 1. The molecule has 2 aromatic rings. The molecular formula is C18H25N3O3. The Kier molecular flexibility index (Phi) is 5.48. The number of methoxy groups -OCH3 is 2. The largest absolute Gasteiger partial charge is 0.496 e. The minimum Gasteiger partial charge on any atom is -0.496 e. The summed E-state index contributed by atoms with van der Waals surface area (Å²) in [6.07, 6.45) is 2.30. The van der Waals surface area contributed by atoms with E-state index in [0.717, 1.165) is 18.7 Å². The third-order valence-corrected chi connectivity index (χ3v) is 4.54. The number of hydrogen-bond acceptors (Lipinski definition) is 6. The van der Waals surface area contributed by atoms with E-state index in [1.807, 2.05) is 12.1 Å². The molecule has 0 unspecified atom stereocenters. The van der Waals surface area contributed by atoms with Gasteiger partial charge in [-0.05, 0) is 24.8 Å². The van der Waals surface area contributed by atoms with Crippen molar-refractivity contribution in [2.45, 2.75) is 39.0 Å². The van der Waals surface area contributed by atoms with Gasteiger partial charge in [0.05, 0.1) is 13.7 Å². The SMILES string of the molecule is COCc1noc(CN2C[C@H](C)CC[C@H]2c2ccccc2OC)n1. The molecule has 1 saturated heterocycles. The lowest BCUT2D eigenvalue weighted by atomic mass is 9.89. The molecule has 0 saturated carbocycles. The smallest absolute Gasteiger partial charge is 0.240 e. The van der Waals surface area contributed by atoms with Crippen LogP contribution in [0.1, 0.15) is 43.1 Å². The Labute approximate surface area is 142 Å². The fraction of sp³-hybridized carbons (Fsp3) is 0.556. The lowest BCUT2D eigenvalue weighted by Crippen LogP contribution is -2.37. The maximum Gasteiger partial charge on any atom is 0.240 e. The number of ether oxygens (including phenoxy) is 2. The topological polar surface area (TPSA) is 60.6 Å². The van der Waals surface area contributed by atoms with E-state index in [0.29, 0.717) is 36.8 Å². The quantitative estimate of drug-likeness (QED) is 0.810. The summed E-state index contributed by atoms with van der Waals surface area (Å²) in [6.45, 7) is 4.31. The number of para-hydroxylation sites is 1. The van der Waals surface area contributed by atoms with E-state index in [4.69, 9.17) is 14.0 Å². The van der Waals surface area contributed by atoms with Crippen LogP contribution in [0.2, 0.25) is 0 Å². The first-order valence-corrected chi connectivity index (χ1v) is 8.38. The fourth-order valence-electron chi connectivity index (χ4n) is 3.43. The van der Waals surface area contributed by atoms with Crippen LogP contribution >= 0.6 is 0 Å². The van der Waals surface area contributed by atoms with Gasteiger partial charge in [-0.1, -0.05) is 30.3 Å². The molecular weight excluding hydrogens is 306 g/mol. The Morgan fingerprint density at radius 3 is 2.88 bits per heavy atom. The van der Waals surface area contributed by atoms with E-state index in [9.17, 15) is 0 Å². The van der Waals surface area contributed by atoms with Crippen molar-refractivity contribution in [1.29, 1.82) is 0 Å². The molecule has 6 heteroatoms. The zero-order valence-electron chi connectivity index (χ0n) is 14.6. The molecule has 0 aliphatic carbocycles. The Bertz CT molecular complexity index is 658. The molecule has 24 heavy (non-hydrogen) atoms. The highest BCUT2D eigenvalue weighted by Crippen LogP contribution is 2.38. The highest BCUT2D eigenvalue weighted by molar-refractivity contribution is 5.36. The standard InChI is InChI=1S/C18H25N3O3/c1-13-8-9-15(14-6-4-5-7-16(14)23-3)21(10-13)11-18-19-17(12-22-2)20-24-18/h4-7,13,15H,8-12H2,1-3H3/t13-,15+/m1/s1. The lowest BCUT2D eigenvalue weighted by Gasteiger charge is -2.38. The van der Waals surface area contributed by atoms with Gasteiger partial charge in [-0.3, -0.25) is 4.90 Å².